The van der Waals surface area contributed by atoms with Crippen molar-refractivity contribution in [3.63, 3.8) is 0 Å². The van der Waals surface area contributed by atoms with E-state index in [1.807, 2.05) is 24.3 Å². The number of hydrogen-bond acceptors (Lipinski definition) is 5. The largest absolute Gasteiger partial charge is 0.497 e. The van der Waals surface area contributed by atoms with Gasteiger partial charge in [-0.05, 0) is 41.4 Å². The highest BCUT2D eigenvalue weighted by Gasteiger charge is 1.99. The number of ether oxygens (including phenoxy) is 2. The van der Waals surface area contributed by atoms with Gasteiger partial charge in [0.1, 0.15) is 12.4 Å². The van der Waals surface area contributed by atoms with Crippen molar-refractivity contribution < 1.29 is 9.47 Å². The third-order valence-corrected chi connectivity index (χ3v) is 2.94. The fraction of sp³-hybridized carbons (Fsp3) is 0.200. The van der Waals surface area contributed by atoms with Crippen LogP contribution >= 0.6 is 23.8 Å². The molecule has 1 N–H and O–H groups in total. The lowest BCUT2D eigenvalue weighted by Crippen LogP contribution is -1.94. The van der Waals surface area contributed by atoms with Crippen molar-refractivity contribution in [3.8, 4) is 10.9 Å². The quantitative estimate of drug-likeness (QED) is 0.852. The van der Waals surface area contributed by atoms with Crippen LogP contribution in [0.3, 0.4) is 0 Å². The van der Waals surface area contributed by atoms with Crippen molar-refractivity contribution >= 4 is 23.8 Å². The van der Waals surface area contributed by atoms with Gasteiger partial charge in [0.2, 0.25) is 4.77 Å². The molecule has 0 aliphatic carbocycles. The zero-order chi connectivity index (χ0) is 11.4. The first-order chi connectivity index (χ1) is 7.78. The summed E-state index contributed by atoms with van der Waals surface area (Å²) in [7, 11) is 1.64. The first-order valence-corrected chi connectivity index (χ1v) is 5.81. The van der Waals surface area contributed by atoms with Crippen LogP contribution in [0.2, 0.25) is 0 Å². The summed E-state index contributed by atoms with van der Waals surface area (Å²) in [5.74, 6) is 0.833. The fourth-order valence-electron chi connectivity index (χ4n) is 1.14. The molecular formula is C10H10N2O2S2. The lowest BCUT2D eigenvalue weighted by Gasteiger charge is -2.03. The van der Waals surface area contributed by atoms with Crippen molar-refractivity contribution in [1.82, 2.24) is 9.36 Å². The van der Waals surface area contributed by atoms with E-state index in [1.54, 1.807) is 7.11 Å². The van der Waals surface area contributed by atoms with Crippen molar-refractivity contribution in [2.75, 3.05) is 7.11 Å². The van der Waals surface area contributed by atoms with Crippen LogP contribution in [0.15, 0.2) is 24.3 Å². The van der Waals surface area contributed by atoms with Gasteiger partial charge in [0.25, 0.3) is 5.19 Å². The van der Waals surface area contributed by atoms with Gasteiger partial charge in [0, 0.05) is 0 Å². The van der Waals surface area contributed by atoms with Crippen LogP contribution in [0.25, 0.3) is 0 Å². The molecule has 16 heavy (non-hydrogen) atoms. The number of hydrogen-bond donors (Lipinski definition) is 1. The molecule has 4 nitrogen and oxygen atoms in total. The molecule has 1 heterocycles. The van der Waals surface area contributed by atoms with Crippen molar-refractivity contribution in [2.24, 2.45) is 0 Å². The maximum Gasteiger partial charge on any atom is 0.292 e. The Kier molecular flexibility index (Phi) is 3.53. The van der Waals surface area contributed by atoms with E-state index in [9.17, 15) is 0 Å². The molecule has 2 rings (SSSR count). The number of methoxy groups -OCH3 is 1. The molecule has 0 atom stereocenters. The second kappa shape index (κ2) is 5.09. The lowest BCUT2D eigenvalue weighted by molar-refractivity contribution is 0.304. The van der Waals surface area contributed by atoms with Crippen LogP contribution in [0, 0.1) is 4.77 Å². The Balaban J connectivity index is 1.96. The first kappa shape index (κ1) is 11.1. The Labute approximate surface area is 102 Å². The molecule has 6 heteroatoms. The average Bonchev–Trinajstić information content (AvgIpc) is 2.73. The molecule has 0 aliphatic heterocycles. The van der Waals surface area contributed by atoms with Crippen LogP contribution in [-0.2, 0) is 6.61 Å². The van der Waals surface area contributed by atoms with Crippen LogP contribution < -0.4 is 9.47 Å². The number of nitrogens with zero attached hydrogens (tertiary/aromatic N) is 1. The topological polar surface area (TPSA) is 47.1 Å². The van der Waals surface area contributed by atoms with E-state index in [4.69, 9.17) is 21.7 Å². The summed E-state index contributed by atoms with van der Waals surface area (Å²) in [5.41, 5.74) is 1.06. The van der Waals surface area contributed by atoms with Gasteiger partial charge < -0.3 is 9.47 Å². The Morgan fingerprint density at radius 1 is 1.38 bits per heavy atom. The molecule has 0 amide bonds. The molecule has 0 bridgehead atoms. The summed E-state index contributed by atoms with van der Waals surface area (Å²) in [5, 5.41) is 0.556. The number of aromatic amines is 1. The van der Waals surface area contributed by atoms with Gasteiger partial charge in [0.15, 0.2) is 0 Å². The lowest BCUT2D eigenvalue weighted by atomic mass is 10.2. The maximum atomic E-state index is 5.46. The summed E-state index contributed by atoms with van der Waals surface area (Å²) in [6.45, 7) is 0.472. The summed E-state index contributed by atoms with van der Waals surface area (Å²) < 4.78 is 13.8. The average molecular weight is 254 g/mol. The molecule has 1 aromatic carbocycles. The molecule has 0 radical (unpaired) electrons. The number of H-pyrrole nitrogens is 1. The Morgan fingerprint density at radius 2 is 2.12 bits per heavy atom. The monoisotopic (exact) mass is 254 g/mol. The SMILES string of the molecule is COc1ccc(COc2nc(=S)[nH]s2)cc1. The van der Waals surface area contributed by atoms with Gasteiger partial charge in [-0.2, -0.15) is 4.98 Å². The van der Waals surface area contributed by atoms with E-state index >= 15 is 0 Å². The number of aromatic nitrogens is 2. The molecule has 0 spiro atoms. The van der Waals surface area contributed by atoms with Gasteiger partial charge >= 0.3 is 0 Å². The zero-order valence-electron chi connectivity index (χ0n) is 8.60. The number of benzene rings is 1. The molecule has 84 valence electrons. The second-order valence-corrected chi connectivity index (χ2v) is 4.17. The smallest absolute Gasteiger partial charge is 0.292 e. The highest BCUT2D eigenvalue weighted by molar-refractivity contribution is 7.71. The standard InChI is InChI=1S/C10H10N2O2S2/c1-13-8-4-2-7(3-5-8)6-14-10-11-9(15)12-16-10/h2-5H,6H2,1H3,(H,12,15). The fourth-order valence-corrected chi connectivity index (χ4v) is 1.89. The van der Waals surface area contributed by atoms with Crippen LogP contribution in [0.4, 0.5) is 0 Å². The number of rotatable bonds is 4. The molecule has 0 fully saturated rings. The highest BCUT2D eigenvalue weighted by atomic mass is 32.1. The van der Waals surface area contributed by atoms with Crippen LogP contribution in [-0.4, -0.2) is 16.5 Å². The first-order valence-electron chi connectivity index (χ1n) is 4.59. The van der Waals surface area contributed by atoms with Crippen LogP contribution in [0.1, 0.15) is 5.56 Å². The Morgan fingerprint density at radius 3 is 2.69 bits per heavy atom. The van der Waals surface area contributed by atoms with E-state index in [0.717, 1.165) is 11.3 Å². The van der Waals surface area contributed by atoms with Gasteiger partial charge in [-0.15, -0.1) is 0 Å². The van der Waals surface area contributed by atoms with Gasteiger partial charge in [-0.25, -0.2) is 0 Å². The van der Waals surface area contributed by atoms with E-state index < -0.39 is 0 Å². The molecule has 0 saturated heterocycles. The molecular weight excluding hydrogens is 244 g/mol. The molecule has 0 saturated carbocycles. The summed E-state index contributed by atoms with van der Waals surface area (Å²) in [6, 6.07) is 7.69. The third kappa shape index (κ3) is 2.80. The predicted octanol–water partition coefficient (Wildman–Crippen LogP) is 2.79. The Hall–Kier alpha value is -1.40. The molecule has 0 aliphatic rings. The minimum atomic E-state index is 0.453. The van der Waals surface area contributed by atoms with E-state index in [0.29, 0.717) is 16.6 Å². The van der Waals surface area contributed by atoms with Gasteiger partial charge in [0.05, 0.1) is 7.11 Å². The molecule has 2 aromatic rings. The minimum absolute atomic E-state index is 0.453. The maximum absolute atomic E-state index is 5.46. The van der Waals surface area contributed by atoms with E-state index in [2.05, 4.69) is 9.36 Å². The Bertz CT molecular complexity index is 504. The van der Waals surface area contributed by atoms with Gasteiger partial charge in [-0.3, -0.25) is 4.37 Å². The van der Waals surface area contributed by atoms with E-state index in [-0.39, 0.29) is 0 Å². The van der Waals surface area contributed by atoms with E-state index in [1.165, 1.54) is 11.5 Å². The normalized spacial score (nSPS) is 10.1. The minimum Gasteiger partial charge on any atom is -0.497 e. The summed E-state index contributed by atoms with van der Waals surface area (Å²) in [4.78, 5) is 3.99. The summed E-state index contributed by atoms with van der Waals surface area (Å²) >= 11 is 6.13. The molecule has 1 aromatic heterocycles. The predicted molar refractivity (Wildman–Crippen MR) is 64.6 cm³/mol. The highest BCUT2D eigenvalue weighted by Crippen LogP contribution is 2.16. The third-order valence-electron chi connectivity index (χ3n) is 1.94. The summed E-state index contributed by atoms with van der Waals surface area (Å²) in [6.07, 6.45) is 0. The number of nitrogens with one attached hydrogen (secondary N) is 1. The zero-order valence-corrected chi connectivity index (χ0v) is 10.2. The van der Waals surface area contributed by atoms with Gasteiger partial charge in [-0.1, -0.05) is 12.1 Å². The van der Waals surface area contributed by atoms with Crippen LogP contribution in [0.5, 0.6) is 10.9 Å². The van der Waals surface area contributed by atoms with Crippen molar-refractivity contribution in [3.05, 3.63) is 34.6 Å². The second-order valence-electron chi connectivity index (χ2n) is 3.02. The molecule has 0 unspecified atom stereocenters. The van der Waals surface area contributed by atoms with Crippen molar-refractivity contribution in [1.29, 1.82) is 0 Å². The van der Waals surface area contributed by atoms with Crippen molar-refractivity contribution in [2.45, 2.75) is 6.61 Å².